The molecule has 17 heavy (non-hydrogen) atoms. The molecule has 1 amide bonds. The number of carbonyl (C=O) groups excluding carboxylic acids is 1. The van der Waals surface area contributed by atoms with Crippen molar-refractivity contribution in [2.24, 2.45) is 11.8 Å². The van der Waals surface area contributed by atoms with Crippen LogP contribution in [0.5, 0.6) is 0 Å². The van der Waals surface area contributed by atoms with Gasteiger partial charge in [0.1, 0.15) is 6.10 Å². The van der Waals surface area contributed by atoms with Crippen molar-refractivity contribution >= 4 is 5.91 Å². The van der Waals surface area contributed by atoms with Crippen LogP contribution in [-0.4, -0.2) is 36.6 Å². The quantitative estimate of drug-likeness (QED) is 0.741. The van der Waals surface area contributed by atoms with Crippen LogP contribution in [0, 0.1) is 11.8 Å². The van der Waals surface area contributed by atoms with Gasteiger partial charge in [0.25, 0.3) is 5.91 Å². The summed E-state index contributed by atoms with van der Waals surface area (Å²) in [5, 5.41) is 0. The number of likely N-dealkylation sites (tertiary alicyclic amines) is 1. The van der Waals surface area contributed by atoms with E-state index in [0.29, 0.717) is 0 Å². The summed E-state index contributed by atoms with van der Waals surface area (Å²) in [4.78, 5) is 14.3. The molecule has 0 bridgehead atoms. The van der Waals surface area contributed by atoms with Gasteiger partial charge in [0.2, 0.25) is 0 Å². The van der Waals surface area contributed by atoms with E-state index in [1.165, 1.54) is 6.42 Å². The summed E-state index contributed by atoms with van der Waals surface area (Å²) in [7, 11) is 0. The second-order valence-corrected chi connectivity index (χ2v) is 5.55. The van der Waals surface area contributed by atoms with Crippen LogP contribution in [-0.2, 0) is 9.53 Å². The molecule has 98 valence electrons. The summed E-state index contributed by atoms with van der Waals surface area (Å²) in [5.74, 6) is 1.78. The third kappa shape index (κ3) is 3.01. The Hall–Kier alpha value is -0.570. The first kappa shape index (κ1) is 12.9. The zero-order valence-electron chi connectivity index (χ0n) is 11.2. The summed E-state index contributed by atoms with van der Waals surface area (Å²) in [6, 6.07) is 0. The SMILES string of the molecule is CCC1CCN(C(=O)C2CCCO2)CCC1C. The van der Waals surface area contributed by atoms with E-state index < -0.39 is 0 Å². The second kappa shape index (κ2) is 5.85. The Morgan fingerprint density at radius 3 is 2.71 bits per heavy atom. The van der Waals surface area contributed by atoms with Crippen molar-refractivity contribution in [3.05, 3.63) is 0 Å². The van der Waals surface area contributed by atoms with E-state index >= 15 is 0 Å². The summed E-state index contributed by atoms with van der Waals surface area (Å²) < 4.78 is 5.50. The van der Waals surface area contributed by atoms with E-state index in [9.17, 15) is 4.79 Å². The molecule has 0 aliphatic carbocycles. The summed E-state index contributed by atoms with van der Waals surface area (Å²) in [6.45, 7) is 7.21. The van der Waals surface area contributed by atoms with Crippen LogP contribution in [0.3, 0.4) is 0 Å². The molecule has 2 heterocycles. The van der Waals surface area contributed by atoms with Crippen LogP contribution >= 0.6 is 0 Å². The molecule has 2 aliphatic rings. The maximum absolute atomic E-state index is 12.3. The van der Waals surface area contributed by atoms with E-state index in [1.807, 2.05) is 4.90 Å². The number of hydrogen-bond donors (Lipinski definition) is 0. The molecular formula is C14H25NO2. The van der Waals surface area contributed by atoms with Crippen LogP contribution in [0.15, 0.2) is 0 Å². The Labute approximate surface area is 105 Å². The monoisotopic (exact) mass is 239 g/mol. The van der Waals surface area contributed by atoms with Gasteiger partial charge < -0.3 is 9.64 Å². The molecule has 0 saturated carbocycles. The molecule has 0 radical (unpaired) electrons. The summed E-state index contributed by atoms with van der Waals surface area (Å²) in [6.07, 6.45) is 5.37. The fourth-order valence-corrected chi connectivity index (χ4v) is 3.12. The minimum Gasteiger partial charge on any atom is -0.368 e. The molecule has 3 atom stereocenters. The van der Waals surface area contributed by atoms with Crippen molar-refractivity contribution in [3.8, 4) is 0 Å². The Kier molecular flexibility index (Phi) is 4.43. The Bertz CT molecular complexity index is 261. The highest BCUT2D eigenvalue weighted by Gasteiger charge is 2.30. The Balaban J connectivity index is 1.91. The van der Waals surface area contributed by atoms with Gasteiger partial charge in [-0.3, -0.25) is 4.79 Å². The number of hydrogen-bond acceptors (Lipinski definition) is 2. The summed E-state index contributed by atoms with van der Waals surface area (Å²) >= 11 is 0. The molecule has 0 aromatic rings. The maximum atomic E-state index is 12.3. The van der Waals surface area contributed by atoms with E-state index in [2.05, 4.69) is 13.8 Å². The van der Waals surface area contributed by atoms with Crippen molar-refractivity contribution in [1.82, 2.24) is 4.90 Å². The standard InChI is InChI=1S/C14H25NO2/c1-3-12-7-9-15(8-6-11(12)2)14(16)13-5-4-10-17-13/h11-13H,3-10H2,1-2H3. The van der Waals surface area contributed by atoms with Gasteiger partial charge in [-0.05, 0) is 37.5 Å². The highest BCUT2D eigenvalue weighted by Crippen LogP contribution is 2.27. The lowest BCUT2D eigenvalue weighted by Gasteiger charge is -2.23. The van der Waals surface area contributed by atoms with Gasteiger partial charge in [-0.1, -0.05) is 20.3 Å². The van der Waals surface area contributed by atoms with Crippen molar-refractivity contribution in [1.29, 1.82) is 0 Å². The van der Waals surface area contributed by atoms with Crippen LogP contribution in [0.2, 0.25) is 0 Å². The molecule has 2 aliphatic heterocycles. The average molecular weight is 239 g/mol. The lowest BCUT2D eigenvalue weighted by molar-refractivity contribution is -0.140. The lowest BCUT2D eigenvalue weighted by Crippen LogP contribution is -2.39. The zero-order valence-corrected chi connectivity index (χ0v) is 11.2. The molecule has 0 aromatic heterocycles. The van der Waals surface area contributed by atoms with Gasteiger partial charge in [-0.2, -0.15) is 0 Å². The molecule has 2 saturated heterocycles. The van der Waals surface area contributed by atoms with Crippen LogP contribution < -0.4 is 0 Å². The number of nitrogens with zero attached hydrogens (tertiary/aromatic N) is 1. The Morgan fingerprint density at radius 1 is 1.29 bits per heavy atom. The molecule has 0 aromatic carbocycles. The minimum absolute atomic E-state index is 0.136. The first-order valence-corrected chi connectivity index (χ1v) is 7.12. The first-order chi connectivity index (χ1) is 8.22. The van der Waals surface area contributed by atoms with Crippen molar-refractivity contribution in [3.63, 3.8) is 0 Å². The normalized spacial score (nSPS) is 34.7. The van der Waals surface area contributed by atoms with Crippen LogP contribution in [0.25, 0.3) is 0 Å². The molecule has 3 unspecified atom stereocenters. The van der Waals surface area contributed by atoms with Gasteiger partial charge in [-0.15, -0.1) is 0 Å². The third-order valence-corrected chi connectivity index (χ3v) is 4.47. The minimum atomic E-state index is -0.136. The molecular weight excluding hydrogens is 214 g/mol. The Morgan fingerprint density at radius 2 is 2.06 bits per heavy atom. The summed E-state index contributed by atoms with van der Waals surface area (Å²) in [5.41, 5.74) is 0. The number of carbonyl (C=O) groups is 1. The predicted molar refractivity (Wildman–Crippen MR) is 67.7 cm³/mol. The van der Waals surface area contributed by atoms with E-state index in [-0.39, 0.29) is 12.0 Å². The fourth-order valence-electron chi connectivity index (χ4n) is 3.12. The van der Waals surface area contributed by atoms with Crippen molar-refractivity contribution in [2.45, 2.75) is 52.1 Å². The second-order valence-electron chi connectivity index (χ2n) is 5.55. The van der Waals surface area contributed by atoms with Gasteiger partial charge in [0.15, 0.2) is 0 Å². The average Bonchev–Trinajstić information content (AvgIpc) is 2.80. The molecule has 0 N–H and O–H groups in total. The molecule has 0 spiro atoms. The smallest absolute Gasteiger partial charge is 0.251 e. The van der Waals surface area contributed by atoms with Gasteiger partial charge in [0, 0.05) is 19.7 Å². The van der Waals surface area contributed by atoms with Gasteiger partial charge in [-0.25, -0.2) is 0 Å². The molecule has 2 rings (SSSR count). The number of ether oxygens (including phenoxy) is 1. The van der Waals surface area contributed by atoms with Crippen LogP contribution in [0.1, 0.15) is 46.0 Å². The molecule has 2 fully saturated rings. The van der Waals surface area contributed by atoms with E-state index in [0.717, 1.165) is 57.2 Å². The predicted octanol–water partition coefficient (Wildman–Crippen LogP) is 2.45. The highest BCUT2D eigenvalue weighted by molar-refractivity contribution is 5.81. The van der Waals surface area contributed by atoms with Crippen molar-refractivity contribution < 1.29 is 9.53 Å². The first-order valence-electron chi connectivity index (χ1n) is 7.12. The molecule has 3 heteroatoms. The lowest BCUT2D eigenvalue weighted by atomic mass is 9.88. The van der Waals surface area contributed by atoms with Crippen molar-refractivity contribution in [2.75, 3.05) is 19.7 Å². The topological polar surface area (TPSA) is 29.5 Å². The largest absolute Gasteiger partial charge is 0.368 e. The number of rotatable bonds is 2. The molecule has 3 nitrogen and oxygen atoms in total. The van der Waals surface area contributed by atoms with E-state index in [1.54, 1.807) is 0 Å². The van der Waals surface area contributed by atoms with Crippen LogP contribution in [0.4, 0.5) is 0 Å². The number of amides is 1. The third-order valence-electron chi connectivity index (χ3n) is 4.47. The van der Waals surface area contributed by atoms with Gasteiger partial charge >= 0.3 is 0 Å². The zero-order chi connectivity index (χ0) is 12.3. The fraction of sp³-hybridized carbons (Fsp3) is 0.929. The highest BCUT2D eigenvalue weighted by atomic mass is 16.5. The maximum Gasteiger partial charge on any atom is 0.251 e. The van der Waals surface area contributed by atoms with Gasteiger partial charge in [0.05, 0.1) is 0 Å². The van der Waals surface area contributed by atoms with E-state index in [4.69, 9.17) is 4.74 Å².